The van der Waals surface area contributed by atoms with Crippen LogP contribution in [0.4, 0.5) is 0 Å². The standard InChI is InChI=1S/C44H81NO3/c1-3-5-7-9-11-13-15-17-19-21-22-24-25-27-29-31-33-35-37-39-43(47)42(41-46)45-44(48)40-38-36-34-32-30-28-26-23-20-18-16-14-12-10-8-6-4-2/h18,20,22,24,29,31,37,39,42-43,46-47H,3-17,19,21,23,25-28,30,32-36,38,40-41H2,1-2H3,(H,45,48)/b20-18-,24-22+,31-29+,39-37+. The van der Waals surface area contributed by atoms with E-state index in [1.54, 1.807) is 6.08 Å². The molecule has 0 spiro atoms. The van der Waals surface area contributed by atoms with Gasteiger partial charge in [-0.3, -0.25) is 4.79 Å². The highest BCUT2D eigenvalue weighted by Crippen LogP contribution is 2.13. The fourth-order valence-corrected chi connectivity index (χ4v) is 6.03. The molecule has 3 N–H and O–H groups in total. The van der Waals surface area contributed by atoms with Crippen LogP contribution in [0.15, 0.2) is 48.6 Å². The van der Waals surface area contributed by atoms with Crippen LogP contribution in [-0.2, 0) is 4.79 Å². The third kappa shape index (κ3) is 35.7. The molecule has 0 rings (SSSR count). The minimum Gasteiger partial charge on any atom is -0.394 e. The number of rotatable bonds is 37. The number of nitrogens with one attached hydrogen (secondary N) is 1. The van der Waals surface area contributed by atoms with Gasteiger partial charge in [-0.05, 0) is 70.6 Å². The van der Waals surface area contributed by atoms with E-state index in [9.17, 15) is 15.0 Å². The molecule has 1 amide bonds. The van der Waals surface area contributed by atoms with Crippen LogP contribution < -0.4 is 5.32 Å². The molecule has 48 heavy (non-hydrogen) atoms. The van der Waals surface area contributed by atoms with Crippen molar-refractivity contribution in [2.45, 2.75) is 219 Å². The van der Waals surface area contributed by atoms with E-state index in [-0.39, 0.29) is 12.5 Å². The highest BCUT2D eigenvalue weighted by molar-refractivity contribution is 5.76. The highest BCUT2D eigenvalue weighted by Gasteiger charge is 2.17. The van der Waals surface area contributed by atoms with Crippen molar-refractivity contribution in [3.63, 3.8) is 0 Å². The molecule has 0 fully saturated rings. The first-order chi connectivity index (χ1) is 23.7. The normalized spacial score (nSPS) is 13.5. The second-order valence-electron chi connectivity index (χ2n) is 14.0. The molecule has 0 saturated heterocycles. The van der Waals surface area contributed by atoms with Crippen molar-refractivity contribution in [1.82, 2.24) is 5.32 Å². The zero-order valence-electron chi connectivity index (χ0n) is 32.0. The lowest BCUT2D eigenvalue weighted by atomic mass is 10.1. The number of hydrogen-bond acceptors (Lipinski definition) is 3. The highest BCUT2D eigenvalue weighted by atomic mass is 16.3. The SMILES string of the molecule is CCCCCCCC/C=C\CCCCCCCCCC(=O)NC(CO)C(O)/C=C/CC/C=C/CC/C=C/CCCCCCCCCCC. The Kier molecular flexibility index (Phi) is 38.4. The first kappa shape index (κ1) is 46.4. The maximum atomic E-state index is 12.3. The second kappa shape index (κ2) is 39.8. The lowest BCUT2D eigenvalue weighted by molar-refractivity contribution is -0.123. The molecule has 4 heteroatoms. The Morgan fingerprint density at radius 1 is 0.479 bits per heavy atom. The van der Waals surface area contributed by atoms with Gasteiger partial charge in [0.25, 0.3) is 0 Å². The Hall–Kier alpha value is -1.65. The van der Waals surface area contributed by atoms with Gasteiger partial charge in [0.15, 0.2) is 0 Å². The molecule has 0 aromatic carbocycles. The van der Waals surface area contributed by atoms with E-state index in [0.29, 0.717) is 6.42 Å². The van der Waals surface area contributed by atoms with Crippen LogP contribution in [-0.4, -0.2) is 34.9 Å². The summed E-state index contributed by atoms with van der Waals surface area (Å²) in [5.74, 6) is -0.0839. The summed E-state index contributed by atoms with van der Waals surface area (Å²) in [4.78, 5) is 12.3. The van der Waals surface area contributed by atoms with Gasteiger partial charge in [-0.2, -0.15) is 0 Å². The molecule has 0 aromatic rings. The maximum Gasteiger partial charge on any atom is 0.220 e. The van der Waals surface area contributed by atoms with Gasteiger partial charge in [0.2, 0.25) is 5.91 Å². The number of allylic oxidation sites excluding steroid dienone is 7. The molecule has 0 aliphatic rings. The molecule has 0 bridgehead atoms. The monoisotopic (exact) mass is 672 g/mol. The van der Waals surface area contributed by atoms with E-state index >= 15 is 0 Å². The van der Waals surface area contributed by atoms with Crippen LogP contribution in [0, 0.1) is 0 Å². The number of aliphatic hydroxyl groups excluding tert-OH is 2. The summed E-state index contributed by atoms with van der Waals surface area (Å²) < 4.78 is 0. The largest absolute Gasteiger partial charge is 0.394 e. The van der Waals surface area contributed by atoms with E-state index in [0.717, 1.165) is 38.5 Å². The summed E-state index contributed by atoms with van der Waals surface area (Å²) >= 11 is 0. The molecule has 4 nitrogen and oxygen atoms in total. The number of unbranched alkanes of at least 4 members (excludes halogenated alkanes) is 24. The van der Waals surface area contributed by atoms with Crippen LogP contribution in [0.2, 0.25) is 0 Å². The second-order valence-corrected chi connectivity index (χ2v) is 14.0. The molecule has 280 valence electrons. The summed E-state index contributed by atoms with van der Waals surface area (Å²) in [5, 5.41) is 22.9. The summed E-state index contributed by atoms with van der Waals surface area (Å²) in [7, 11) is 0. The van der Waals surface area contributed by atoms with Gasteiger partial charge in [-0.1, -0.05) is 178 Å². The first-order valence-corrected chi connectivity index (χ1v) is 20.9. The van der Waals surface area contributed by atoms with Crippen molar-refractivity contribution in [2.75, 3.05) is 6.61 Å². The summed E-state index contributed by atoms with van der Waals surface area (Å²) in [6.07, 6.45) is 53.5. The number of carbonyl (C=O) groups is 1. The van der Waals surface area contributed by atoms with Crippen LogP contribution in [0.1, 0.15) is 206 Å². The lowest BCUT2D eigenvalue weighted by Crippen LogP contribution is -2.45. The molecule has 0 saturated carbocycles. The number of aliphatic hydroxyl groups is 2. The Morgan fingerprint density at radius 2 is 0.812 bits per heavy atom. The predicted octanol–water partition coefficient (Wildman–Crippen LogP) is 12.8. The summed E-state index contributed by atoms with van der Waals surface area (Å²) in [6, 6.07) is -0.647. The Balaban J connectivity index is 3.68. The third-order valence-corrected chi connectivity index (χ3v) is 9.26. The number of amides is 1. The molecule has 0 radical (unpaired) electrons. The molecular weight excluding hydrogens is 590 g/mol. The van der Waals surface area contributed by atoms with Gasteiger partial charge in [0.05, 0.1) is 18.8 Å². The predicted molar refractivity (Wildman–Crippen MR) is 211 cm³/mol. The topological polar surface area (TPSA) is 69.6 Å². The van der Waals surface area contributed by atoms with E-state index in [2.05, 4.69) is 55.6 Å². The van der Waals surface area contributed by atoms with Crippen molar-refractivity contribution in [3.8, 4) is 0 Å². The quantitative estimate of drug-likeness (QED) is 0.0455. The summed E-state index contributed by atoms with van der Waals surface area (Å²) in [5.41, 5.74) is 0. The van der Waals surface area contributed by atoms with Crippen LogP contribution in [0.3, 0.4) is 0 Å². The van der Waals surface area contributed by atoms with E-state index < -0.39 is 12.1 Å². The zero-order valence-corrected chi connectivity index (χ0v) is 32.0. The summed E-state index contributed by atoms with van der Waals surface area (Å²) in [6.45, 7) is 4.28. The van der Waals surface area contributed by atoms with Crippen molar-refractivity contribution in [2.24, 2.45) is 0 Å². The van der Waals surface area contributed by atoms with Gasteiger partial charge >= 0.3 is 0 Å². The van der Waals surface area contributed by atoms with Crippen molar-refractivity contribution in [1.29, 1.82) is 0 Å². The van der Waals surface area contributed by atoms with Gasteiger partial charge in [-0.25, -0.2) is 0 Å². The van der Waals surface area contributed by atoms with Gasteiger partial charge in [-0.15, -0.1) is 0 Å². The third-order valence-electron chi connectivity index (χ3n) is 9.26. The molecule has 2 atom stereocenters. The fraction of sp³-hybridized carbons (Fsp3) is 0.795. The van der Waals surface area contributed by atoms with Gasteiger partial charge < -0.3 is 15.5 Å². The van der Waals surface area contributed by atoms with Crippen LogP contribution in [0.25, 0.3) is 0 Å². The average molecular weight is 672 g/mol. The lowest BCUT2D eigenvalue weighted by Gasteiger charge is -2.19. The molecule has 0 aromatic heterocycles. The molecule has 0 heterocycles. The van der Waals surface area contributed by atoms with Gasteiger partial charge in [0.1, 0.15) is 0 Å². The number of hydrogen-bond donors (Lipinski definition) is 3. The minimum absolute atomic E-state index is 0.0839. The van der Waals surface area contributed by atoms with E-state index in [4.69, 9.17) is 0 Å². The first-order valence-electron chi connectivity index (χ1n) is 20.9. The average Bonchev–Trinajstić information content (AvgIpc) is 3.09. The Morgan fingerprint density at radius 3 is 1.21 bits per heavy atom. The zero-order chi connectivity index (χ0) is 35.0. The van der Waals surface area contributed by atoms with Crippen molar-refractivity contribution >= 4 is 5.91 Å². The van der Waals surface area contributed by atoms with E-state index in [1.807, 2.05) is 6.08 Å². The molecule has 2 unspecified atom stereocenters. The Labute approximate surface area is 299 Å². The Bertz CT molecular complexity index is 771. The van der Waals surface area contributed by atoms with Gasteiger partial charge in [0, 0.05) is 6.42 Å². The molecule has 0 aliphatic heterocycles. The van der Waals surface area contributed by atoms with Crippen LogP contribution in [0.5, 0.6) is 0 Å². The fourth-order valence-electron chi connectivity index (χ4n) is 6.03. The number of carbonyl (C=O) groups excluding carboxylic acids is 1. The maximum absolute atomic E-state index is 12.3. The smallest absolute Gasteiger partial charge is 0.220 e. The molecular formula is C44H81NO3. The van der Waals surface area contributed by atoms with Crippen molar-refractivity contribution < 1.29 is 15.0 Å². The van der Waals surface area contributed by atoms with Crippen molar-refractivity contribution in [3.05, 3.63) is 48.6 Å². The minimum atomic E-state index is -0.871. The molecule has 0 aliphatic carbocycles. The van der Waals surface area contributed by atoms with E-state index in [1.165, 1.54) is 148 Å². The van der Waals surface area contributed by atoms with Crippen LogP contribution >= 0.6 is 0 Å².